The molecule has 3 rings (SSSR count). The summed E-state index contributed by atoms with van der Waals surface area (Å²) in [6.45, 7) is -1.21. The molecule has 32 heavy (non-hydrogen) atoms. The summed E-state index contributed by atoms with van der Waals surface area (Å²) in [4.78, 5) is 39.3. The number of carbonyl (C=O) groups is 2. The van der Waals surface area contributed by atoms with Crippen LogP contribution >= 0.6 is 0 Å². The standard InChI is InChI=1S/C19H25F2N3O8/c20-19(21)14(26)12(10-25)32-16(19)24-7-6-13(22-17(24)28)23-18(29)31-9-8-30-15(27)11-4-2-1-3-5-11/h6-7,11-12,14,16,25-26H,1-5,8-10H2,(H,22,23,28,29)/t12-,14-,16-/m1/s1. The van der Waals surface area contributed by atoms with Gasteiger partial charge in [0.25, 0.3) is 0 Å². The summed E-state index contributed by atoms with van der Waals surface area (Å²) in [7, 11) is 0. The first-order valence-electron chi connectivity index (χ1n) is 10.3. The van der Waals surface area contributed by atoms with Crippen molar-refractivity contribution in [1.29, 1.82) is 0 Å². The predicted molar refractivity (Wildman–Crippen MR) is 103 cm³/mol. The average Bonchev–Trinajstić information content (AvgIpc) is 3.00. The van der Waals surface area contributed by atoms with Gasteiger partial charge in [-0.05, 0) is 18.9 Å². The maximum atomic E-state index is 14.2. The van der Waals surface area contributed by atoms with Crippen LogP contribution in [0.4, 0.5) is 19.4 Å². The third-order valence-corrected chi connectivity index (χ3v) is 5.37. The Morgan fingerprint density at radius 1 is 1.25 bits per heavy atom. The number of aromatic nitrogens is 2. The van der Waals surface area contributed by atoms with Gasteiger partial charge in [-0.1, -0.05) is 19.3 Å². The van der Waals surface area contributed by atoms with Crippen LogP contribution in [0.5, 0.6) is 0 Å². The lowest BCUT2D eigenvalue weighted by Crippen LogP contribution is -2.41. The molecule has 1 aliphatic heterocycles. The van der Waals surface area contributed by atoms with Gasteiger partial charge in [-0.15, -0.1) is 0 Å². The third kappa shape index (κ3) is 5.40. The molecular formula is C19H25F2N3O8. The number of rotatable bonds is 7. The largest absolute Gasteiger partial charge is 0.462 e. The minimum atomic E-state index is -3.85. The molecule has 0 radical (unpaired) electrons. The molecule has 1 aromatic rings. The molecule has 0 bridgehead atoms. The molecule has 3 N–H and O–H groups in total. The maximum Gasteiger partial charge on any atom is 0.412 e. The van der Waals surface area contributed by atoms with Crippen molar-refractivity contribution in [1.82, 2.24) is 9.55 Å². The molecule has 0 aromatic carbocycles. The quantitative estimate of drug-likeness (QED) is 0.396. The zero-order valence-electron chi connectivity index (χ0n) is 17.1. The summed E-state index contributed by atoms with van der Waals surface area (Å²) in [5.74, 6) is -4.56. The van der Waals surface area contributed by atoms with Gasteiger partial charge < -0.3 is 24.4 Å². The number of esters is 1. The Morgan fingerprint density at radius 2 is 1.94 bits per heavy atom. The van der Waals surface area contributed by atoms with Crippen LogP contribution in [0.3, 0.4) is 0 Å². The number of aliphatic hydroxyl groups is 2. The highest BCUT2D eigenvalue weighted by molar-refractivity contribution is 5.83. The van der Waals surface area contributed by atoms with Crippen molar-refractivity contribution >= 4 is 17.9 Å². The Balaban J connectivity index is 1.48. The maximum absolute atomic E-state index is 14.2. The van der Waals surface area contributed by atoms with E-state index in [2.05, 4.69) is 10.3 Å². The van der Waals surface area contributed by atoms with E-state index in [1.54, 1.807) is 0 Å². The number of nitrogens with zero attached hydrogens (tertiary/aromatic N) is 2. The van der Waals surface area contributed by atoms with Gasteiger partial charge >= 0.3 is 23.7 Å². The molecule has 2 aliphatic rings. The first kappa shape index (κ1) is 24.0. The van der Waals surface area contributed by atoms with Crippen molar-refractivity contribution in [3.05, 3.63) is 22.7 Å². The molecule has 1 amide bonds. The highest BCUT2D eigenvalue weighted by Gasteiger charge is 2.59. The fourth-order valence-corrected chi connectivity index (χ4v) is 3.65. The van der Waals surface area contributed by atoms with Gasteiger partial charge in [-0.25, -0.2) is 9.59 Å². The van der Waals surface area contributed by atoms with Crippen LogP contribution in [0.2, 0.25) is 0 Å². The van der Waals surface area contributed by atoms with Crippen LogP contribution in [-0.4, -0.2) is 69.8 Å². The normalized spacial score (nSPS) is 25.3. The first-order chi connectivity index (χ1) is 15.2. The summed E-state index contributed by atoms with van der Waals surface area (Å²) in [6.07, 6.45) is -1.48. The summed E-state index contributed by atoms with van der Waals surface area (Å²) < 4.78 is 43.6. The van der Waals surface area contributed by atoms with Crippen molar-refractivity contribution in [3.63, 3.8) is 0 Å². The topological polar surface area (TPSA) is 149 Å². The van der Waals surface area contributed by atoms with Crippen LogP contribution < -0.4 is 11.0 Å². The van der Waals surface area contributed by atoms with Crippen LogP contribution in [0.15, 0.2) is 17.1 Å². The Morgan fingerprint density at radius 3 is 2.56 bits per heavy atom. The molecule has 0 spiro atoms. The van der Waals surface area contributed by atoms with Gasteiger partial charge in [0.1, 0.15) is 25.1 Å². The van der Waals surface area contributed by atoms with Crippen LogP contribution in [-0.2, 0) is 19.0 Å². The minimum absolute atomic E-state index is 0.125. The van der Waals surface area contributed by atoms with Crippen LogP contribution in [0.25, 0.3) is 0 Å². The first-order valence-corrected chi connectivity index (χ1v) is 10.3. The summed E-state index contributed by atoms with van der Waals surface area (Å²) in [5, 5.41) is 20.7. The molecule has 0 unspecified atom stereocenters. The zero-order chi connectivity index (χ0) is 23.3. The van der Waals surface area contributed by atoms with Crippen molar-refractivity contribution in [2.45, 2.75) is 56.5 Å². The summed E-state index contributed by atoms with van der Waals surface area (Å²) >= 11 is 0. The Kier molecular flexibility index (Phi) is 7.74. The Hall–Kier alpha value is -2.64. The lowest BCUT2D eigenvalue weighted by Gasteiger charge is -2.21. The van der Waals surface area contributed by atoms with Gasteiger partial charge in [0.05, 0.1) is 12.5 Å². The highest BCUT2D eigenvalue weighted by Crippen LogP contribution is 2.41. The van der Waals surface area contributed by atoms with Gasteiger partial charge in [0, 0.05) is 6.20 Å². The monoisotopic (exact) mass is 461 g/mol. The molecule has 1 saturated heterocycles. The van der Waals surface area contributed by atoms with E-state index in [9.17, 15) is 28.3 Å². The van der Waals surface area contributed by atoms with Gasteiger partial charge in [0.15, 0.2) is 6.10 Å². The number of halogens is 2. The summed E-state index contributed by atoms with van der Waals surface area (Å²) in [5.41, 5.74) is -1.18. The van der Waals surface area contributed by atoms with Crippen molar-refractivity contribution in [3.8, 4) is 0 Å². The predicted octanol–water partition coefficient (Wildman–Crippen LogP) is 0.801. The second-order valence-electron chi connectivity index (χ2n) is 7.59. The van der Waals surface area contributed by atoms with Crippen molar-refractivity contribution < 1.29 is 42.8 Å². The van der Waals surface area contributed by atoms with E-state index >= 15 is 0 Å². The van der Waals surface area contributed by atoms with E-state index in [4.69, 9.17) is 19.3 Å². The Bertz CT molecular complexity index is 874. The van der Waals surface area contributed by atoms with E-state index < -0.39 is 42.7 Å². The highest BCUT2D eigenvalue weighted by atomic mass is 19.3. The van der Waals surface area contributed by atoms with E-state index in [1.807, 2.05) is 0 Å². The zero-order valence-corrected chi connectivity index (χ0v) is 17.1. The number of hydrogen-bond donors (Lipinski definition) is 3. The number of nitrogens with one attached hydrogen (secondary N) is 1. The number of ether oxygens (including phenoxy) is 3. The fraction of sp³-hybridized carbons (Fsp3) is 0.684. The SMILES string of the molecule is O=C(Nc1ccn([C@@H]2O[C@H](CO)[C@@H](O)C2(F)F)c(=O)n1)OCCOC(=O)C1CCCCC1. The Labute approximate surface area is 181 Å². The number of anilines is 1. The molecule has 2 heterocycles. The number of amides is 1. The van der Waals surface area contributed by atoms with Crippen molar-refractivity contribution in [2.75, 3.05) is 25.1 Å². The lowest BCUT2D eigenvalue weighted by atomic mass is 9.89. The fourth-order valence-electron chi connectivity index (χ4n) is 3.65. The van der Waals surface area contributed by atoms with Crippen LogP contribution in [0.1, 0.15) is 38.3 Å². The number of hydrogen-bond acceptors (Lipinski definition) is 9. The molecular weight excluding hydrogens is 436 g/mol. The second-order valence-corrected chi connectivity index (χ2v) is 7.59. The molecule has 178 valence electrons. The molecule has 1 saturated carbocycles. The minimum Gasteiger partial charge on any atom is -0.462 e. The van der Waals surface area contributed by atoms with E-state index in [0.29, 0.717) is 4.57 Å². The molecule has 11 nitrogen and oxygen atoms in total. The third-order valence-electron chi connectivity index (χ3n) is 5.37. The van der Waals surface area contributed by atoms with E-state index in [-0.39, 0.29) is 30.9 Å². The van der Waals surface area contributed by atoms with Gasteiger partial charge in [-0.2, -0.15) is 13.8 Å². The van der Waals surface area contributed by atoms with E-state index in [1.165, 1.54) is 0 Å². The molecule has 1 aromatic heterocycles. The van der Waals surface area contributed by atoms with Crippen LogP contribution in [0, 0.1) is 5.92 Å². The smallest absolute Gasteiger partial charge is 0.412 e. The van der Waals surface area contributed by atoms with Crippen molar-refractivity contribution in [2.24, 2.45) is 5.92 Å². The molecule has 1 aliphatic carbocycles. The lowest BCUT2D eigenvalue weighted by molar-refractivity contribution is -0.150. The number of carbonyl (C=O) groups excluding carboxylic acids is 2. The molecule has 2 fully saturated rings. The van der Waals surface area contributed by atoms with E-state index in [0.717, 1.165) is 44.4 Å². The van der Waals surface area contributed by atoms with Gasteiger partial charge in [-0.3, -0.25) is 14.7 Å². The average molecular weight is 461 g/mol. The summed E-state index contributed by atoms with van der Waals surface area (Å²) in [6, 6.07) is 1.06. The molecule has 13 heteroatoms. The number of aliphatic hydroxyl groups excluding tert-OH is 2. The van der Waals surface area contributed by atoms with Gasteiger partial charge in [0.2, 0.25) is 6.23 Å². The second kappa shape index (κ2) is 10.3. The molecule has 3 atom stereocenters. The number of alkyl halides is 2.